The standard InChI is InChI=1S/C10H8ClN3OS/c11-6-4-2-1-3-5(6)7-8(9(12)15)16-10(13)14-7/h1-4H,(H2,12,15)(H2,13,14). The van der Waals surface area contributed by atoms with Gasteiger partial charge in [-0.15, -0.1) is 0 Å². The maximum atomic E-state index is 11.2. The van der Waals surface area contributed by atoms with E-state index in [9.17, 15) is 4.79 Å². The van der Waals surface area contributed by atoms with E-state index < -0.39 is 5.91 Å². The highest BCUT2D eigenvalue weighted by Gasteiger charge is 2.17. The summed E-state index contributed by atoms with van der Waals surface area (Å²) in [4.78, 5) is 15.6. The molecular formula is C10H8ClN3OS. The molecule has 1 heterocycles. The molecule has 16 heavy (non-hydrogen) atoms. The number of nitrogens with two attached hydrogens (primary N) is 2. The number of nitrogens with zero attached hydrogens (tertiary/aromatic N) is 1. The number of benzene rings is 1. The third-order valence-electron chi connectivity index (χ3n) is 2.00. The van der Waals surface area contributed by atoms with Crippen LogP contribution in [-0.2, 0) is 0 Å². The van der Waals surface area contributed by atoms with Gasteiger partial charge in [0.2, 0.25) is 0 Å². The Labute approximate surface area is 101 Å². The Bertz CT molecular complexity index is 553. The first-order chi connectivity index (χ1) is 7.59. The van der Waals surface area contributed by atoms with Crippen LogP contribution in [0.2, 0.25) is 5.02 Å². The van der Waals surface area contributed by atoms with Crippen molar-refractivity contribution in [3.63, 3.8) is 0 Å². The summed E-state index contributed by atoms with van der Waals surface area (Å²) in [5.74, 6) is -0.552. The summed E-state index contributed by atoms with van der Waals surface area (Å²) in [5, 5.41) is 0.805. The van der Waals surface area contributed by atoms with Crippen molar-refractivity contribution in [2.24, 2.45) is 5.73 Å². The summed E-state index contributed by atoms with van der Waals surface area (Å²) in [6.45, 7) is 0. The number of halogens is 1. The van der Waals surface area contributed by atoms with Crippen molar-refractivity contribution in [1.82, 2.24) is 4.98 Å². The molecule has 6 heteroatoms. The zero-order chi connectivity index (χ0) is 11.7. The minimum absolute atomic E-state index is 0.295. The predicted molar refractivity (Wildman–Crippen MR) is 65.5 cm³/mol. The SMILES string of the molecule is NC(=O)c1sc(N)nc1-c1ccccc1Cl. The van der Waals surface area contributed by atoms with Crippen LogP contribution in [-0.4, -0.2) is 10.9 Å². The lowest BCUT2D eigenvalue weighted by Crippen LogP contribution is -2.10. The van der Waals surface area contributed by atoms with Crippen LogP contribution >= 0.6 is 22.9 Å². The lowest BCUT2D eigenvalue weighted by molar-refractivity contribution is 0.100. The van der Waals surface area contributed by atoms with Gasteiger partial charge in [0.1, 0.15) is 4.88 Å². The van der Waals surface area contributed by atoms with Crippen LogP contribution in [0.1, 0.15) is 9.67 Å². The van der Waals surface area contributed by atoms with Crippen LogP contribution in [0.15, 0.2) is 24.3 Å². The number of rotatable bonds is 2. The van der Waals surface area contributed by atoms with E-state index in [4.69, 9.17) is 23.1 Å². The molecule has 2 aromatic rings. The Morgan fingerprint density at radius 2 is 2.06 bits per heavy atom. The summed E-state index contributed by atoms with van der Waals surface area (Å²) in [6, 6.07) is 7.09. The quantitative estimate of drug-likeness (QED) is 0.860. The van der Waals surface area contributed by atoms with Gasteiger partial charge in [0, 0.05) is 5.56 Å². The number of hydrogen-bond acceptors (Lipinski definition) is 4. The smallest absolute Gasteiger partial charge is 0.261 e. The Morgan fingerprint density at radius 1 is 1.38 bits per heavy atom. The molecule has 4 N–H and O–H groups in total. The van der Waals surface area contributed by atoms with E-state index in [0.29, 0.717) is 26.3 Å². The van der Waals surface area contributed by atoms with Gasteiger partial charge in [-0.05, 0) is 6.07 Å². The maximum Gasteiger partial charge on any atom is 0.261 e. The first kappa shape index (κ1) is 10.9. The van der Waals surface area contributed by atoms with E-state index in [1.165, 1.54) is 0 Å². The molecule has 0 aliphatic heterocycles. The Hall–Kier alpha value is -1.59. The predicted octanol–water partition coefficient (Wildman–Crippen LogP) is 2.14. The van der Waals surface area contributed by atoms with E-state index in [-0.39, 0.29) is 0 Å². The van der Waals surface area contributed by atoms with Crippen molar-refractivity contribution in [3.8, 4) is 11.3 Å². The van der Waals surface area contributed by atoms with E-state index >= 15 is 0 Å². The zero-order valence-electron chi connectivity index (χ0n) is 8.11. The fourth-order valence-electron chi connectivity index (χ4n) is 1.34. The molecule has 0 atom stereocenters. The molecule has 1 aromatic carbocycles. The van der Waals surface area contributed by atoms with Gasteiger partial charge in [0.05, 0.1) is 10.7 Å². The highest BCUT2D eigenvalue weighted by molar-refractivity contribution is 7.17. The second-order valence-electron chi connectivity index (χ2n) is 3.07. The van der Waals surface area contributed by atoms with Crippen molar-refractivity contribution in [2.45, 2.75) is 0 Å². The molecule has 0 spiro atoms. The van der Waals surface area contributed by atoms with Crippen molar-refractivity contribution >= 4 is 34.0 Å². The Morgan fingerprint density at radius 3 is 2.69 bits per heavy atom. The van der Waals surface area contributed by atoms with Gasteiger partial charge in [0.15, 0.2) is 5.13 Å². The zero-order valence-corrected chi connectivity index (χ0v) is 9.68. The van der Waals surface area contributed by atoms with Crippen molar-refractivity contribution < 1.29 is 4.79 Å². The van der Waals surface area contributed by atoms with Crippen LogP contribution in [0.5, 0.6) is 0 Å². The molecule has 0 bridgehead atoms. The van der Waals surface area contributed by atoms with Gasteiger partial charge in [0.25, 0.3) is 5.91 Å². The summed E-state index contributed by atoms with van der Waals surface area (Å²) in [7, 11) is 0. The largest absolute Gasteiger partial charge is 0.375 e. The van der Waals surface area contributed by atoms with E-state index in [1.807, 2.05) is 6.07 Å². The average molecular weight is 254 g/mol. The molecule has 0 radical (unpaired) electrons. The molecule has 0 aliphatic carbocycles. The minimum Gasteiger partial charge on any atom is -0.375 e. The van der Waals surface area contributed by atoms with Crippen LogP contribution in [0.3, 0.4) is 0 Å². The van der Waals surface area contributed by atoms with Gasteiger partial charge in [-0.2, -0.15) is 0 Å². The number of hydrogen-bond donors (Lipinski definition) is 2. The van der Waals surface area contributed by atoms with Crippen LogP contribution in [0, 0.1) is 0 Å². The first-order valence-electron chi connectivity index (χ1n) is 4.40. The molecule has 4 nitrogen and oxygen atoms in total. The van der Waals surface area contributed by atoms with Gasteiger partial charge in [-0.1, -0.05) is 41.1 Å². The van der Waals surface area contributed by atoms with Gasteiger partial charge in [-0.3, -0.25) is 4.79 Å². The molecule has 0 aliphatic rings. The molecule has 82 valence electrons. The number of anilines is 1. The molecule has 0 saturated carbocycles. The van der Waals surface area contributed by atoms with Crippen molar-refractivity contribution in [2.75, 3.05) is 5.73 Å². The number of carbonyl (C=O) groups is 1. The molecule has 0 unspecified atom stereocenters. The Kier molecular flexibility index (Phi) is 2.80. The van der Waals surface area contributed by atoms with Gasteiger partial charge < -0.3 is 11.5 Å². The summed E-state index contributed by atoms with van der Waals surface area (Å²) in [6.07, 6.45) is 0. The molecular weight excluding hydrogens is 246 g/mol. The second-order valence-corrected chi connectivity index (χ2v) is 4.51. The number of primary amides is 1. The van der Waals surface area contributed by atoms with Crippen molar-refractivity contribution in [3.05, 3.63) is 34.2 Å². The molecule has 1 aromatic heterocycles. The summed E-state index contributed by atoms with van der Waals surface area (Å²) >= 11 is 7.08. The molecule has 1 amide bonds. The number of thiazole rings is 1. The summed E-state index contributed by atoms with van der Waals surface area (Å²) in [5.41, 5.74) is 11.9. The van der Waals surface area contributed by atoms with E-state index in [1.54, 1.807) is 18.2 Å². The molecule has 2 rings (SSSR count). The summed E-state index contributed by atoms with van der Waals surface area (Å²) < 4.78 is 0. The van der Waals surface area contributed by atoms with E-state index in [2.05, 4.69) is 4.98 Å². The minimum atomic E-state index is -0.552. The Balaban J connectivity index is 2.64. The van der Waals surface area contributed by atoms with Crippen LogP contribution in [0.25, 0.3) is 11.3 Å². The third kappa shape index (κ3) is 1.87. The number of amides is 1. The number of aromatic nitrogens is 1. The second kappa shape index (κ2) is 4.11. The van der Waals surface area contributed by atoms with Gasteiger partial charge in [-0.25, -0.2) is 4.98 Å². The van der Waals surface area contributed by atoms with Crippen molar-refractivity contribution in [1.29, 1.82) is 0 Å². The first-order valence-corrected chi connectivity index (χ1v) is 5.60. The van der Waals surface area contributed by atoms with Crippen LogP contribution in [0.4, 0.5) is 5.13 Å². The number of carbonyl (C=O) groups excluding carboxylic acids is 1. The highest BCUT2D eigenvalue weighted by Crippen LogP contribution is 2.33. The van der Waals surface area contributed by atoms with Gasteiger partial charge >= 0.3 is 0 Å². The normalized spacial score (nSPS) is 10.3. The lowest BCUT2D eigenvalue weighted by Gasteiger charge is -2.01. The highest BCUT2D eigenvalue weighted by atomic mass is 35.5. The third-order valence-corrected chi connectivity index (χ3v) is 3.23. The fraction of sp³-hybridized carbons (Fsp3) is 0. The average Bonchev–Trinajstić information content (AvgIpc) is 2.61. The monoisotopic (exact) mass is 253 g/mol. The van der Waals surface area contributed by atoms with Crippen LogP contribution < -0.4 is 11.5 Å². The fourth-order valence-corrected chi connectivity index (χ4v) is 2.26. The van der Waals surface area contributed by atoms with E-state index in [0.717, 1.165) is 11.3 Å². The maximum absolute atomic E-state index is 11.2. The number of nitrogen functional groups attached to an aromatic ring is 1. The lowest BCUT2D eigenvalue weighted by atomic mass is 10.1. The topological polar surface area (TPSA) is 82.0 Å². The molecule has 0 saturated heterocycles. The molecule has 0 fully saturated rings.